The molecular weight excluding hydrogens is 472 g/mol. The van der Waals surface area contributed by atoms with E-state index in [9.17, 15) is 14.7 Å². The van der Waals surface area contributed by atoms with Gasteiger partial charge in [0.1, 0.15) is 11.8 Å². The Hall–Kier alpha value is -2.14. The maximum atomic E-state index is 13.0. The molecular formula is C24H32N4O4S2. The number of aromatic nitrogens is 1. The van der Waals surface area contributed by atoms with Crippen LogP contribution in [0.3, 0.4) is 0 Å². The highest BCUT2D eigenvalue weighted by atomic mass is 32.2. The number of nitrogens with one attached hydrogen (secondary N) is 1. The fourth-order valence-electron chi connectivity index (χ4n) is 4.34. The summed E-state index contributed by atoms with van der Waals surface area (Å²) in [7, 11) is 0. The number of aliphatic hydroxyl groups excluding tert-OH is 1. The van der Waals surface area contributed by atoms with Gasteiger partial charge in [-0.3, -0.25) is 9.59 Å². The average Bonchev–Trinajstić information content (AvgIpc) is 3.38. The van der Waals surface area contributed by atoms with Crippen molar-refractivity contribution in [1.82, 2.24) is 9.88 Å². The molecule has 184 valence electrons. The largest absolute Gasteiger partial charge is 0.383 e. The van der Waals surface area contributed by atoms with Crippen LogP contribution in [0.5, 0.6) is 0 Å². The summed E-state index contributed by atoms with van der Waals surface area (Å²) in [5, 5.41) is 15.9. The van der Waals surface area contributed by atoms with Crippen LogP contribution >= 0.6 is 23.1 Å². The second-order valence-corrected chi connectivity index (χ2v) is 10.4. The number of rotatable bonds is 8. The summed E-state index contributed by atoms with van der Waals surface area (Å²) in [5.41, 5.74) is 2.19. The van der Waals surface area contributed by atoms with Gasteiger partial charge in [0, 0.05) is 37.5 Å². The van der Waals surface area contributed by atoms with Gasteiger partial charge in [-0.2, -0.15) is 11.8 Å². The number of hydrogen-bond donors (Lipinski definition) is 2. The Morgan fingerprint density at radius 2 is 1.97 bits per heavy atom. The summed E-state index contributed by atoms with van der Waals surface area (Å²) < 4.78 is 5.45. The minimum absolute atomic E-state index is 0.175. The smallest absolute Gasteiger partial charge is 0.275 e. The number of anilines is 2. The lowest BCUT2D eigenvalue weighted by Crippen LogP contribution is -2.43. The van der Waals surface area contributed by atoms with E-state index < -0.39 is 6.10 Å². The molecule has 2 aromatic rings. The maximum Gasteiger partial charge on any atom is 0.275 e. The number of amides is 2. The number of thioether (sulfide) groups is 1. The Morgan fingerprint density at radius 1 is 1.24 bits per heavy atom. The van der Waals surface area contributed by atoms with Crippen LogP contribution in [0, 0.1) is 0 Å². The summed E-state index contributed by atoms with van der Waals surface area (Å²) >= 11 is 3.13. The second kappa shape index (κ2) is 12.0. The first-order valence-electron chi connectivity index (χ1n) is 11.7. The molecule has 1 aromatic carbocycles. The summed E-state index contributed by atoms with van der Waals surface area (Å²) in [6, 6.07) is 7.82. The van der Waals surface area contributed by atoms with E-state index in [1.54, 1.807) is 16.7 Å². The van der Waals surface area contributed by atoms with E-state index in [0.717, 1.165) is 48.1 Å². The molecule has 1 atom stereocenters. The van der Waals surface area contributed by atoms with Crippen molar-refractivity contribution >= 4 is 46.3 Å². The number of carbonyl (C=O) groups is 2. The Bertz CT molecular complexity index is 971. The normalized spacial score (nSPS) is 18.1. The van der Waals surface area contributed by atoms with Gasteiger partial charge in [-0.05, 0) is 43.4 Å². The first kappa shape index (κ1) is 25.0. The molecule has 10 heteroatoms. The number of carbonyl (C=O) groups excluding carboxylic acids is 2. The lowest BCUT2D eigenvalue weighted by atomic mass is 9.97. The number of nitrogens with zero attached hydrogens (tertiary/aromatic N) is 3. The van der Waals surface area contributed by atoms with Gasteiger partial charge in [0.2, 0.25) is 0 Å². The van der Waals surface area contributed by atoms with Crippen molar-refractivity contribution in [2.75, 3.05) is 61.6 Å². The van der Waals surface area contributed by atoms with Gasteiger partial charge in [0.05, 0.1) is 29.6 Å². The third-order valence-corrected chi connectivity index (χ3v) is 7.95. The van der Waals surface area contributed by atoms with Crippen molar-refractivity contribution < 1.29 is 19.4 Å². The van der Waals surface area contributed by atoms with Crippen molar-refractivity contribution in [1.29, 1.82) is 0 Å². The second-order valence-electron chi connectivity index (χ2n) is 8.54. The Labute approximate surface area is 208 Å². The fraction of sp³-hybridized carbons (Fsp3) is 0.542. The van der Waals surface area contributed by atoms with Crippen LogP contribution < -0.4 is 10.2 Å². The molecule has 2 aliphatic heterocycles. The van der Waals surface area contributed by atoms with E-state index in [1.807, 2.05) is 35.9 Å². The number of hydrogen-bond acceptors (Lipinski definition) is 8. The standard InChI is InChI=1S/C24H32N4O4S2/c1-33-15-8-21(29)24(31)28-9-6-17(7-10-28)23-26-19(16-34-23)22(30)25-18-4-2-3-5-20(18)27-11-13-32-14-12-27/h2-5,16-17,21,29H,6-15H2,1H3,(H,25,30). The summed E-state index contributed by atoms with van der Waals surface area (Å²) in [4.78, 5) is 34.0. The quantitative estimate of drug-likeness (QED) is 0.571. The van der Waals surface area contributed by atoms with Gasteiger partial charge >= 0.3 is 0 Å². The number of morpholine rings is 1. The number of aliphatic hydroxyl groups is 1. The van der Waals surface area contributed by atoms with Gasteiger partial charge in [0.25, 0.3) is 11.8 Å². The van der Waals surface area contributed by atoms with Crippen LogP contribution in [0.1, 0.15) is 40.7 Å². The first-order chi connectivity index (χ1) is 16.6. The molecule has 3 heterocycles. The first-order valence-corrected chi connectivity index (χ1v) is 14.0. The minimum atomic E-state index is -0.917. The highest BCUT2D eigenvalue weighted by Gasteiger charge is 2.29. The Kier molecular flexibility index (Phi) is 8.82. The maximum absolute atomic E-state index is 13.0. The van der Waals surface area contributed by atoms with Crippen molar-refractivity contribution in [3.05, 3.63) is 40.3 Å². The number of ether oxygens (including phenoxy) is 1. The molecule has 1 unspecified atom stereocenters. The number of para-hydroxylation sites is 2. The molecule has 0 saturated carbocycles. The van der Waals surface area contributed by atoms with Gasteiger partial charge in [-0.25, -0.2) is 4.98 Å². The molecule has 1 aromatic heterocycles. The molecule has 8 nitrogen and oxygen atoms in total. The highest BCUT2D eigenvalue weighted by molar-refractivity contribution is 7.98. The van der Waals surface area contributed by atoms with Gasteiger partial charge in [0.15, 0.2) is 0 Å². The summed E-state index contributed by atoms with van der Waals surface area (Å²) in [6.07, 6.45) is 3.11. The predicted molar refractivity (Wildman–Crippen MR) is 137 cm³/mol. The zero-order valence-corrected chi connectivity index (χ0v) is 21.1. The van der Waals surface area contributed by atoms with E-state index >= 15 is 0 Å². The molecule has 0 aliphatic carbocycles. The fourth-order valence-corrected chi connectivity index (χ4v) is 5.77. The third kappa shape index (κ3) is 6.10. The molecule has 0 bridgehead atoms. The molecule has 2 N–H and O–H groups in total. The number of piperidine rings is 1. The van der Waals surface area contributed by atoms with E-state index in [4.69, 9.17) is 4.74 Å². The predicted octanol–water partition coefficient (Wildman–Crippen LogP) is 3.05. The number of thiazole rings is 1. The minimum Gasteiger partial charge on any atom is -0.383 e. The van der Waals surface area contributed by atoms with Crippen LogP contribution in [0.2, 0.25) is 0 Å². The van der Waals surface area contributed by atoms with E-state index in [-0.39, 0.29) is 17.7 Å². The van der Waals surface area contributed by atoms with E-state index in [0.29, 0.717) is 38.4 Å². The molecule has 34 heavy (non-hydrogen) atoms. The van der Waals surface area contributed by atoms with Crippen LogP contribution in [0.25, 0.3) is 0 Å². The van der Waals surface area contributed by atoms with Crippen molar-refractivity contribution in [3.63, 3.8) is 0 Å². The zero-order valence-electron chi connectivity index (χ0n) is 19.4. The summed E-state index contributed by atoms with van der Waals surface area (Å²) in [5.74, 6) is 0.600. The van der Waals surface area contributed by atoms with Crippen LogP contribution in [0.15, 0.2) is 29.6 Å². The topological polar surface area (TPSA) is 95.0 Å². The molecule has 4 rings (SSSR count). The van der Waals surface area contributed by atoms with Gasteiger partial charge < -0.3 is 25.0 Å². The number of likely N-dealkylation sites (tertiary alicyclic amines) is 1. The van der Waals surface area contributed by atoms with Gasteiger partial charge in [-0.15, -0.1) is 11.3 Å². The van der Waals surface area contributed by atoms with Crippen molar-refractivity contribution in [2.24, 2.45) is 0 Å². The molecule has 2 aliphatic rings. The monoisotopic (exact) mass is 504 g/mol. The van der Waals surface area contributed by atoms with Crippen molar-refractivity contribution in [3.8, 4) is 0 Å². The Balaban J connectivity index is 1.34. The molecule has 2 fully saturated rings. The average molecular weight is 505 g/mol. The Morgan fingerprint density at radius 3 is 2.71 bits per heavy atom. The zero-order chi connectivity index (χ0) is 23.9. The van der Waals surface area contributed by atoms with E-state index in [1.165, 1.54) is 11.3 Å². The van der Waals surface area contributed by atoms with Crippen molar-refractivity contribution in [2.45, 2.75) is 31.3 Å². The molecule has 0 radical (unpaired) electrons. The van der Waals surface area contributed by atoms with Crippen LogP contribution in [0.4, 0.5) is 11.4 Å². The lowest BCUT2D eigenvalue weighted by molar-refractivity contribution is -0.141. The highest BCUT2D eigenvalue weighted by Crippen LogP contribution is 2.32. The van der Waals surface area contributed by atoms with Crippen LogP contribution in [-0.4, -0.2) is 84.3 Å². The van der Waals surface area contributed by atoms with E-state index in [2.05, 4.69) is 15.2 Å². The summed E-state index contributed by atoms with van der Waals surface area (Å²) in [6.45, 7) is 4.16. The third-order valence-electron chi connectivity index (χ3n) is 6.29. The lowest BCUT2D eigenvalue weighted by Gasteiger charge is -2.32. The SMILES string of the molecule is CSCCC(O)C(=O)N1CCC(c2nc(C(=O)Nc3ccccc3N3CCOCC3)cs2)CC1. The molecule has 2 saturated heterocycles. The molecule has 2 amide bonds. The van der Waals surface area contributed by atoms with Gasteiger partial charge in [-0.1, -0.05) is 12.1 Å². The van der Waals surface area contributed by atoms with Crippen LogP contribution in [-0.2, 0) is 9.53 Å². The number of benzene rings is 1. The molecule has 0 spiro atoms.